The molecule has 1 aliphatic rings. The van der Waals surface area contributed by atoms with Crippen LogP contribution >= 0.6 is 11.3 Å². The number of nitrogens with one attached hydrogen (secondary N) is 1. The van der Waals surface area contributed by atoms with Crippen molar-refractivity contribution in [3.63, 3.8) is 0 Å². The highest BCUT2D eigenvalue weighted by atomic mass is 32.1. The zero-order valence-electron chi connectivity index (χ0n) is 23.2. The molecular weight excluding hydrogens is 522 g/mol. The van der Waals surface area contributed by atoms with Crippen molar-refractivity contribution in [3.8, 4) is 5.75 Å². The first-order valence-electron chi connectivity index (χ1n) is 13.4. The van der Waals surface area contributed by atoms with Gasteiger partial charge in [0.25, 0.3) is 0 Å². The molecule has 8 nitrogen and oxygen atoms in total. The zero-order valence-corrected chi connectivity index (χ0v) is 24.0. The number of methoxy groups -OCH3 is 1. The predicted octanol–water partition coefficient (Wildman–Crippen LogP) is 5.07. The number of carbonyl (C=O) groups excluding carboxylic acids is 1. The van der Waals surface area contributed by atoms with Crippen molar-refractivity contribution < 1.29 is 14.3 Å². The number of anilines is 1. The molecule has 0 spiro atoms. The van der Waals surface area contributed by atoms with Gasteiger partial charge in [-0.25, -0.2) is 9.97 Å². The normalized spacial score (nSPS) is 14.1. The Morgan fingerprint density at radius 3 is 2.83 bits per heavy atom. The highest BCUT2D eigenvalue weighted by Crippen LogP contribution is 2.38. The second-order valence-corrected chi connectivity index (χ2v) is 11.1. The van der Waals surface area contributed by atoms with Crippen LogP contribution in [0.1, 0.15) is 27.6 Å². The van der Waals surface area contributed by atoms with Crippen LogP contribution in [-0.4, -0.2) is 66.6 Å². The minimum absolute atomic E-state index is 0.0479. The maximum Gasteiger partial charge on any atom is 0.246 e. The summed E-state index contributed by atoms with van der Waals surface area (Å²) in [5, 5.41) is 4.71. The molecule has 4 aromatic rings. The number of likely N-dealkylation sites (N-methyl/N-ethyl adjacent to an activating group) is 1. The fourth-order valence-corrected chi connectivity index (χ4v) is 6.03. The molecule has 0 aliphatic carbocycles. The highest BCUT2D eigenvalue weighted by Gasteiger charge is 2.26. The molecule has 9 heteroatoms. The van der Waals surface area contributed by atoms with Gasteiger partial charge in [0.2, 0.25) is 5.91 Å². The third kappa shape index (κ3) is 6.67. The monoisotopic (exact) mass is 557 g/mol. The Bertz CT molecular complexity index is 1470. The predicted molar refractivity (Wildman–Crippen MR) is 160 cm³/mol. The number of hydrogen-bond acceptors (Lipinski definition) is 8. The van der Waals surface area contributed by atoms with Gasteiger partial charge in [-0.05, 0) is 49.3 Å². The van der Waals surface area contributed by atoms with E-state index >= 15 is 0 Å². The minimum atomic E-state index is -0.107. The van der Waals surface area contributed by atoms with Crippen LogP contribution < -0.4 is 10.1 Å². The number of ether oxygens (including phenoxy) is 2. The van der Waals surface area contributed by atoms with E-state index in [0.717, 1.165) is 45.9 Å². The van der Waals surface area contributed by atoms with E-state index in [2.05, 4.69) is 27.4 Å². The zero-order chi connectivity index (χ0) is 27.9. The highest BCUT2D eigenvalue weighted by molar-refractivity contribution is 7.19. The molecule has 2 aromatic heterocycles. The number of carbonyl (C=O) groups is 1. The molecule has 1 unspecified atom stereocenters. The molecule has 0 fully saturated rings. The third-order valence-corrected chi connectivity index (χ3v) is 8.00. The lowest BCUT2D eigenvalue weighted by atomic mass is 10.0. The van der Waals surface area contributed by atoms with Crippen LogP contribution in [0.2, 0.25) is 0 Å². The molecule has 208 valence electrons. The number of hydrogen-bond donors (Lipinski definition) is 1. The SMILES string of the molecule is COc1cccc(COCC(Nc2ncnc3sc4c(c23)CCN(C(=O)C=CCN(C)C)C4)c2ccccc2)c1. The van der Waals surface area contributed by atoms with E-state index in [1.54, 1.807) is 30.8 Å². The summed E-state index contributed by atoms with van der Waals surface area (Å²) in [4.78, 5) is 28.1. The van der Waals surface area contributed by atoms with Gasteiger partial charge in [0.05, 0.1) is 38.3 Å². The number of aromatic nitrogens is 2. The smallest absolute Gasteiger partial charge is 0.246 e. The second kappa shape index (κ2) is 13.0. The van der Waals surface area contributed by atoms with Crippen molar-refractivity contribution in [2.24, 2.45) is 0 Å². The number of rotatable bonds is 11. The molecule has 1 atom stereocenters. The van der Waals surface area contributed by atoms with Crippen LogP contribution in [0, 0.1) is 0 Å². The number of fused-ring (bicyclic) bond motifs is 3. The lowest BCUT2D eigenvalue weighted by molar-refractivity contribution is -0.126. The summed E-state index contributed by atoms with van der Waals surface area (Å²) in [7, 11) is 5.64. The number of nitrogens with zero attached hydrogens (tertiary/aromatic N) is 4. The Balaban J connectivity index is 1.34. The van der Waals surface area contributed by atoms with E-state index < -0.39 is 0 Å². The number of benzene rings is 2. The molecule has 0 saturated carbocycles. The van der Waals surface area contributed by atoms with Gasteiger partial charge in [-0.3, -0.25) is 4.79 Å². The van der Waals surface area contributed by atoms with Crippen molar-refractivity contribution >= 4 is 33.3 Å². The van der Waals surface area contributed by atoms with Gasteiger partial charge in [0, 0.05) is 24.0 Å². The lowest BCUT2D eigenvalue weighted by Gasteiger charge is -2.26. The van der Waals surface area contributed by atoms with Crippen LogP contribution in [0.25, 0.3) is 10.2 Å². The molecule has 1 N–H and O–H groups in total. The van der Waals surface area contributed by atoms with Crippen molar-refractivity contribution in [1.29, 1.82) is 0 Å². The molecule has 3 heterocycles. The van der Waals surface area contributed by atoms with E-state index in [1.165, 1.54) is 10.4 Å². The standard InChI is InChI=1S/C31H35N5O3S/c1-35(2)15-8-13-28(37)36-16-14-25-27(18-36)40-31-29(25)30(32-21-33-31)34-26(23-10-5-4-6-11-23)20-39-19-22-9-7-12-24(17-22)38-3/h4-13,17,21,26H,14-16,18-20H2,1-3H3,(H,32,33,34). The average molecular weight is 558 g/mol. The summed E-state index contributed by atoms with van der Waals surface area (Å²) in [5.41, 5.74) is 3.40. The summed E-state index contributed by atoms with van der Waals surface area (Å²) in [6, 6.07) is 18.1. The van der Waals surface area contributed by atoms with E-state index in [4.69, 9.17) is 9.47 Å². The summed E-state index contributed by atoms with van der Waals surface area (Å²) < 4.78 is 11.5. The van der Waals surface area contributed by atoms with Gasteiger partial charge in [-0.1, -0.05) is 48.5 Å². The minimum Gasteiger partial charge on any atom is -0.497 e. The first-order valence-corrected chi connectivity index (χ1v) is 14.2. The molecule has 0 bridgehead atoms. The molecule has 0 saturated heterocycles. The maximum absolute atomic E-state index is 12.8. The van der Waals surface area contributed by atoms with Gasteiger partial charge in [-0.15, -0.1) is 11.3 Å². The van der Waals surface area contributed by atoms with Crippen LogP contribution in [0.15, 0.2) is 73.1 Å². The van der Waals surface area contributed by atoms with Gasteiger partial charge >= 0.3 is 0 Å². The summed E-state index contributed by atoms with van der Waals surface area (Å²) in [6.07, 6.45) is 5.98. The maximum atomic E-state index is 12.8. The van der Waals surface area contributed by atoms with E-state index in [9.17, 15) is 4.79 Å². The van der Waals surface area contributed by atoms with E-state index in [-0.39, 0.29) is 11.9 Å². The van der Waals surface area contributed by atoms with Crippen LogP contribution in [0.4, 0.5) is 5.82 Å². The van der Waals surface area contributed by atoms with Crippen LogP contribution in [0.5, 0.6) is 5.75 Å². The molecule has 40 heavy (non-hydrogen) atoms. The molecular formula is C31H35N5O3S. The van der Waals surface area contributed by atoms with Gasteiger partial charge in [0.15, 0.2) is 0 Å². The Hall–Kier alpha value is -3.79. The van der Waals surface area contributed by atoms with Crippen LogP contribution in [0.3, 0.4) is 0 Å². The fourth-order valence-electron chi connectivity index (χ4n) is 4.82. The van der Waals surface area contributed by atoms with Gasteiger partial charge < -0.3 is 24.6 Å². The van der Waals surface area contributed by atoms with Crippen molar-refractivity contribution in [1.82, 2.24) is 19.8 Å². The van der Waals surface area contributed by atoms with E-state index in [1.807, 2.05) is 72.4 Å². The Kier molecular flexibility index (Phi) is 9.05. The first-order chi connectivity index (χ1) is 19.5. The lowest BCUT2D eigenvalue weighted by Crippen LogP contribution is -2.34. The molecule has 2 aromatic carbocycles. The summed E-state index contributed by atoms with van der Waals surface area (Å²) in [5.74, 6) is 1.66. The quantitative estimate of drug-likeness (QED) is 0.258. The van der Waals surface area contributed by atoms with Gasteiger partial charge in [0.1, 0.15) is 22.7 Å². The molecule has 5 rings (SSSR count). The second-order valence-electron chi connectivity index (χ2n) is 10.1. The average Bonchev–Trinajstić information content (AvgIpc) is 3.35. The summed E-state index contributed by atoms with van der Waals surface area (Å²) >= 11 is 1.64. The summed E-state index contributed by atoms with van der Waals surface area (Å²) in [6.45, 7) is 2.93. The van der Waals surface area contributed by atoms with Crippen molar-refractivity contribution in [3.05, 3.63) is 94.6 Å². The Labute approximate surface area is 239 Å². The van der Waals surface area contributed by atoms with Crippen LogP contribution in [-0.2, 0) is 29.1 Å². The molecule has 0 radical (unpaired) electrons. The van der Waals surface area contributed by atoms with E-state index in [0.29, 0.717) is 26.3 Å². The topological polar surface area (TPSA) is 79.8 Å². The Morgan fingerprint density at radius 1 is 1.18 bits per heavy atom. The molecule has 1 aliphatic heterocycles. The largest absolute Gasteiger partial charge is 0.497 e. The fraction of sp³-hybridized carbons (Fsp3) is 0.323. The van der Waals surface area contributed by atoms with Crippen molar-refractivity contribution in [2.45, 2.75) is 25.6 Å². The molecule has 1 amide bonds. The number of amides is 1. The van der Waals surface area contributed by atoms with Gasteiger partial charge in [-0.2, -0.15) is 0 Å². The first kappa shape index (κ1) is 27.8. The number of thiophene rings is 1. The Morgan fingerprint density at radius 2 is 2.02 bits per heavy atom. The van der Waals surface area contributed by atoms with Crippen molar-refractivity contribution in [2.75, 3.05) is 46.2 Å². The third-order valence-electron chi connectivity index (χ3n) is 6.88.